The van der Waals surface area contributed by atoms with Crippen molar-refractivity contribution in [1.29, 1.82) is 0 Å². The van der Waals surface area contributed by atoms with Crippen molar-refractivity contribution in [2.24, 2.45) is 0 Å². The molecular weight excluding hydrogens is 340 g/mol. The lowest BCUT2D eigenvalue weighted by molar-refractivity contribution is -0.139. The molecule has 0 amide bonds. The Hall–Kier alpha value is -3.53. The number of hydrogen-bond acceptors (Lipinski definition) is 3. The Labute approximate surface area is 156 Å². The molecule has 0 aliphatic heterocycles. The van der Waals surface area contributed by atoms with Gasteiger partial charge in [-0.25, -0.2) is 0 Å². The minimum atomic E-state index is -1.82. The lowest BCUT2D eigenvalue weighted by atomic mass is 9.64. The number of carbonyl (C=O) groups is 3. The van der Waals surface area contributed by atoms with Gasteiger partial charge >= 0.3 is 5.97 Å². The fourth-order valence-corrected chi connectivity index (χ4v) is 4.02. The van der Waals surface area contributed by atoms with Crippen molar-refractivity contribution in [3.05, 3.63) is 107 Å². The molecule has 0 spiro atoms. The normalized spacial score (nSPS) is 16.0. The highest BCUT2D eigenvalue weighted by atomic mass is 16.4. The van der Waals surface area contributed by atoms with Gasteiger partial charge in [-0.1, -0.05) is 84.9 Å². The van der Waals surface area contributed by atoms with Gasteiger partial charge in [0.25, 0.3) is 0 Å². The Kier molecular flexibility index (Phi) is 3.96. The predicted octanol–water partition coefficient (Wildman–Crippen LogP) is 3.87. The van der Waals surface area contributed by atoms with Crippen LogP contribution < -0.4 is 0 Å². The molecule has 0 saturated carbocycles. The number of carboxylic acid groups (broad SMARTS) is 1. The average Bonchev–Trinajstić information content (AvgIpc) is 2.93. The summed E-state index contributed by atoms with van der Waals surface area (Å²) < 4.78 is 0. The first kappa shape index (κ1) is 16.9. The first-order valence-corrected chi connectivity index (χ1v) is 8.60. The molecule has 1 N–H and O–H groups in total. The number of ketones is 2. The van der Waals surface area contributed by atoms with Crippen molar-refractivity contribution in [2.75, 3.05) is 0 Å². The van der Waals surface area contributed by atoms with Crippen LogP contribution in [0.5, 0.6) is 0 Å². The molecule has 27 heavy (non-hydrogen) atoms. The molecule has 132 valence electrons. The van der Waals surface area contributed by atoms with Gasteiger partial charge in [0.15, 0.2) is 11.6 Å². The van der Waals surface area contributed by atoms with Gasteiger partial charge in [0.2, 0.25) is 0 Å². The van der Waals surface area contributed by atoms with Gasteiger partial charge in [0.05, 0.1) is 0 Å². The van der Waals surface area contributed by atoms with Gasteiger partial charge in [-0.3, -0.25) is 14.4 Å². The van der Waals surface area contributed by atoms with Crippen LogP contribution in [0.2, 0.25) is 0 Å². The Morgan fingerprint density at radius 3 is 1.63 bits per heavy atom. The molecule has 3 aromatic rings. The van der Waals surface area contributed by atoms with Gasteiger partial charge in [0, 0.05) is 11.1 Å². The average molecular weight is 356 g/mol. The molecule has 1 aliphatic carbocycles. The zero-order chi connectivity index (χ0) is 19.0. The van der Waals surface area contributed by atoms with Crippen molar-refractivity contribution < 1.29 is 19.5 Å². The van der Waals surface area contributed by atoms with Crippen LogP contribution in [0.15, 0.2) is 84.9 Å². The second-order valence-electron chi connectivity index (χ2n) is 6.56. The Morgan fingerprint density at radius 1 is 0.704 bits per heavy atom. The highest BCUT2D eigenvalue weighted by molar-refractivity contribution is 6.35. The summed E-state index contributed by atoms with van der Waals surface area (Å²) in [5.74, 6) is -3.47. The van der Waals surface area contributed by atoms with Crippen molar-refractivity contribution in [3.63, 3.8) is 0 Å². The van der Waals surface area contributed by atoms with Crippen LogP contribution in [0.3, 0.4) is 0 Å². The number of hydrogen-bond donors (Lipinski definition) is 1. The van der Waals surface area contributed by atoms with E-state index in [0.717, 1.165) is 0 Å². The maximum absolute atomic E-state index is 13.6. The van der Waals surface area contributed by atoms with Crippen molar-refractivity contribution in [1.82, 2.24) is 0 Å². The first-order chi connectivity index (χ1) is 13.1. The third-order valence-electron chi connectivity index (χ3n) is 5.17. The molecular formula is C23H16O4. The monoisotopic (exact) mass is 356 g/mol. The summed E-state index contributed by atoms with van der Waals surface area (Å²) in [5.41, 5.74) is -0.462. The molecule has 3 aromatic carbocycles. The molecule has 4 heteroatoms. The number of carbonyl (C=O) groups excluding carboxylic acids is 2. The van der Waals surface area contributed by atoms with Gasteiger partial charge in [0.1, 0.15) is 11.3 Å². The molecule has 0 heterocycles. The summed E-state index contributed by atoms with van der Waals surface area (Å²) in [5, 5.41) is 10.1. The second-order valence-corrected chi connectivity index (χ2v) is 6.56. The zero-order valence-electron chi connectivity index (χ0n) is 14.3. The number of carboxylic acids is 1. The molecule has 4 nitrogen and oxygen atoms in total. The standard InChI is InChI=1S/C23H16O4/c24-20-17-13-7-8-14-18(17)21(25)23(20,16-11-5-2-6-12-16)19(22(26)27)15-9-3-1-4-10-15/h1-14,19H,(H,26,27). The predicted molar refractivity (Wildman–Crippen MR) is 100 cm³/mol. The van der Waals surface area contributed by atoms with E-state index in [0.29, 0.717) is 11.1 Å². The van der Waals surface area contributed by atoms with E-state index in [-0.39, 0.29) is 11.1 Å². The largest absolute Gasteiger partial charge is 0.481 e. The quantitative estimate of drug-likeness (QED) is 0.720. The Morgan fingerprint density at radius 2 is 1.15 bits per heavy atom. The number of fused-ring (bicyclic) bond motifs is 1. The lowest BCUT2D eigenvalue weighted by Gasteiger charge is -2.33. The van der Waals surface area contributed by atoms with Crippen molar-refractivity contribution in [3.8, 4) is 0 Å². The van der Waals surface area contributed by atoms with Crippen LogP contribution in [0, 0.1) is 0 Å². The molecule has 0 fully saturated rings. The molecule has 1 atom stereocenters. The highest BCUT2D eigenvalue weighted by Crippen LogP contribution is 2.49. The van der Waals surface area contributed by atoms with Crippen LogP contribution >= 0.6 is 0 Å². The van der Waals surface area contributed by atoms with Crippen LogP contribution in [-0.2, 0) is 10.2 Å². The number of rotatable bonds is 4. The lowest BCUT2D eigenvalue weighted by Crippen LogP contribution is -2.47. The van der Waals surface area contributed by atoms with Crippen LogP contribution in [0.1, 0.15) is 37.8 Å². The molecule has 0 bridgehead atoms. The fraction of sp³-hybridized carbons (Fsp3) is 0.0870. The summed E-state index contributed by atoms with van der Waals surface area (Å²) >= 11 is 0. The summed E-state index contributed by atoms with van der Waals surface area (Å²) in [6.45, 7) is 0. The van der Waals surface area contributed by atoms with E-state index in [2.05, 4.69) is 0 Å². The van der Waals surface area contributed by atoms with Gasteiger partial charge in [-0.2, -0.15) is 0 Å². The van der Waals surface area contributed by atoms with Gasteiger partial charge in [-0.05, 0) is 11.1 Å². The van der Waals surface area contributed by atoms with E-state index >= 15 is 0 Å². The Balaban J connectivity index is 2.07. The van der Waals surface area contributed by atoms with E-state index in [1.165, 1.54) is 0 Å². The van der Waals surface area contributed by atoms with E-state index < -0.39 is 28.9 Å². The smallest absolute Gasteiger partial charge is 0.312 e. The molecule has 1 unspecified atom stereocenters. The zero-order valence-corrected chi connectivity index (χ0v) is 14.3. The van der Waals surface area contributed by atoms with E-state index in [9.17, 15) is 19.5 Å². The van der Waals surface area contributed by atoms with Crippen LogP contribution in [-0.4, -0.2) is 22.6 Å². The van der Waals surface area contributed by atoms with Gasteiger partial charge < -0.3 is 5.11 Å². The summed E-state index contributed by atoms with van der Waals surface area (Å²) in [6.07, 6.45) is 0. The maximum Gasteiger partial charge on any atom is 0.312 e. The first-order valence-electron chi connectivity index (χ1n) is 8.60. The second kappa shape index (κ2) is 6.32. The van der Waals surface area contributed by atoms with Crippen LogP contribution in [0.4, 0.5) is 0 Å². The van der Waals surface area contributed by atoms with E-state index in [1.54, 1.807) is 84.9 Å². The van der Waals surface area contributed by atoms with Crippen molar-refractivity contribution in [2.45, 2.75) is 11.3 Å². The molecule has 4 rings (SSSR count). The Bertz CT molecular complexity index is 1000. The molecule has 1 aliphatic rings. The van der Waals surface area contributed by atoms with Crippen molar-refractivity contribution >= 4 is 17.5 Å². The van der Waals surface area contributed by atoms with E-state index in [4.69, 9.17) is 0 Å². The third kappa shape index (κ3) is 2.34. The molecule has 0 radical (unpaired) electrons. The number of aliphatic carboxylic acids is 1. The minimum absolute atomic E-state index is 0.272. The fourth-order valence-electron chi connectivity index (χ4n) is 4.02. The van der Waals surface area contributed by atoms with E-state index in [1.807, 2.05) is 0 Å². The SMILES string of the molecule is O=C(O)C(c1ccccc1)C1(c2ccccc2)C(=O)c2ccccc2C1=O. The molecule has 0 aromatic heterocycles. The topological polar surface area (TPSA) is 71.4 Å². The highest BCUT2D eigenvalue weighted by Gasteiger charge is 2.61. The minimum Gasteiger partial charge on any atom is -0.481 e. The maximum atomic E-state index is 13.6. The van der Waals surface area contributed by atoms with Gasteiger partial charge in [-0.15, -0.1) is 0 Å². The summed E-state index contributed by atoms with van der Waals surface area (Å²) in [4.78, 5) is 39.5. The number of benzene rings is 3. The molecule has 0 saturated heterocycles. The van der Waals surface area contributed by atoms with Crippen LogP contribution in [0.25, 0.3) is 0 Å². The summed E-state index contributed by atoms with van der Waals surface area (Å²) in [7, 11) is 0. The third-order valence-corrected chi connectivity index (χ3v) is 5.17. The number of Topliss-reactive ketones (excluding diaryl/α,β-unsaturated/α-hetero) is 2. The summed E-state index contributed by atoms with van der Waals surface area (Å²) in [6, 6.07) is 23.5.